The number of carbonyl (C=O) groups excluding carboxylic acids is 1. The molecule has 0 saturated carbocycles. The van der Waals surface area contributed by atoms with E-state index in [4.69, 9.17) is 10.5 Å². The van der Waals surface area contributed by atoms with Gasteiger partial charge in [-0.15, -0.1) is 10.2 Å². The van der Waals surface area contributed by atoms with E-state index in [0.717, 1.165) is 38.1 Å². The molecule has 2 aromatic rings. The Morgan fingerprint density at radius 1 is 1.17 bits per heavy atom. The molecule has 0 bridgehead atoms. The first-order valence-electron chi connectivity index (χ1n) is 8.34. The number of carbonyl (C=O) groups is 1. The van der Waals surface area contributed by atoms with Crippen molar-refractivity contribution in [3.63, 3.8) is 0 Å². The third kappa shape index (κ3) is 3.91. The van der Waals surface area contributed by atoms with Crippen molar-refractivity contribution in [3.8, 4) is 5.75 Å². The van der Waals surface area contributed by atoms with Crippen molar-refractivity contribution < 1.29 is 9.53 Å². The van der Waals surface area contributed by atoms with Crippen LogP contribution >= 0.6 is 0 Å². The maximum absolute atomic E-state index is 12.6. The average Bonchev–Trinajstić information content (AvgIpc) is 3.17. The standard InChI is InChI=1S/C17H23N5O2/c18-8-1-11-24-16-4-2-14(3-5-16)17(23)21-9-6-15(7-10-21)22-12-19-20-13-22/h2-5,12-13,15H,1,6-11,18H2. The first-order valence-corrected chi connectivity index (χ1v) is 8.34. The predicted molar refractivity (Wildman–Crippen MR) is 89.8 cm³/mol. The second kappa shape index (κ2) is 7.92. The van der Waals surface area contributed by atoms with Gasteiger partial charge in [-0.3, -0.25) is 4.79 Å². The predicted octanol–water partition coefficient (Wildman–Crippen LogP) is 1.48. The summed E-state index contributed by atoms with van der Waals surface area (Å²) in [6.07, 6.45) is 6.15. The van der Waals surface area contributed by atoms with Crippen LogP contribution < -0.4 is 10.5 Å². The Kier molecular flexibility index (Phi) is 5.43. The number of amides is 1. The number of aromatic nitrogens is 3. The van der Waals surface area contributed by atoms with Crippen molar-refractivity contribution in [2.45, 2.75) is 25.3 Å². The fourth-order valence-electron chi connectivity index (χ4n) is 2.91. The van der Waals surface area contributed by atoms with Crippen LogP contribution in [-0.2, 0) is 0 Å². The van der Waals surface area contributed by atoms with Crippen molar-refractivity contribution >= 4 is 5.91 Å². The molecule has 1 amide bonds. The van der Waals surface area contributed by atoms with Crippen LogP contribution in [0.15, 0.2) is 36.9 Å². The van der Waals surface area contributed by atoms with Crippen LogP contribution in [0.25, 0.3) is 0 Å². The van der Waals surface area contributed by atoms with Gasteiger partial charge in [-0.05, 0) is 50.1 Å². The highest BCUT2D eigenvalue weighted by molar-refractivity contribution is 5.94. The van der Waals surface area contributed by atoms with Crippen LogP contribution in [0, 0.1) is 0 Å². The zero-order valence-electron chi connectivity index (χ0n) is 13.7. The van der Waals surface area contributed by atoms with Gasteiger partial charge in [0, 0.05) is 24.7 Å². The summed E-state index contributed by atoms with van der Waals surface area (Å²) in [5.74, 6) is 0.844. The molecule has 0 radical (unpaired) electrons. The lowest BCUT2D eigenvalue weighted by Gasteiger charge is -2.32. The Morgan fingerprint density at radius 3 is 2.46 bits per heavy atom. The molecule has 0 spiro atoms. The van der Waals surface area contributed by atoms with Crippen molar-refractivity contribution in [1.29, 1.82) is 0 Å². The molecular formula is C17H23N5O2. The Bertz CT molecular complexity index is 634. The first-order chi connectivity index (χ1) is 11.8. The Hall–Kier alpha value is -2.41. The number of hydrogen-bond donors (Lipinski definition) is 1. The monoisotopic (exact) mass is 329 g/mol. The maximum Gasteiger partial charge on any atom is 0.253 e. The molecule has 1 aromatic carbocycles. The van der Waals surface area contributed by atoms with E-state index in [9.17, 15) is 4.79 Å². The largest absolute Gasteiger partial charge is 0.494 e. The van der Waals surface area contributed by atoms with Gasteiger partial charge < -0.3 is 19.9 Å². The fourth-order valence-corrected chi connectivity index (χ4v) is 2.91. The molecule has 0 atom stereocenters. The summed E-state index contributed by atoms with van der Waals surface area (Å²) in [4.78, 5) is 14.5. The molecule has 1 aromatic heterocycles. The molecule has 1 saturated heterocycles. The third-order valence-corrected chi connectivity index (χ3v) is 4.33. The SMILES string of the molecule is NCCCOc1ccc(C(=O)N2CCC(n3cnnc3)CC2)cc1. The van der Waals surface area contributed by atoms with Gasteiger partial charge in [0.25, 0.3) is 5.91 Å². The molecule has 1 aliphatic heterocycles. The van der Waals surface area contributed by atoms with E-state index in [-0.39, 0.29) is 5.91 Å². The zero-order chi connectivity index (χ0) is 16.8. The van der Waals surface area contributed by atoms with Gasteiger partial charge in [0.05, 0.1) is 6.61 Å². The van der Waals surface area contributed by atoms with E-state index < -0.39 is 0 Å². The van der Waals surface area contributed by atoms with Crippen LogP contribution in [0.2, 0.25) is 0 Å². The number of ether oxygens (including phenoxy) is 1. The van der Waals surface area contributed by atoms with E-state index in [1.165, 1.54) is 0 Å². The topological polar surface area (TPSA) is 86.3 Å². The number of nitrogens with two attached hydrogens (primary N) is 1. The first kappa shape index (κ1) is 16.4. The highest BCUT2D eigenvalue weighted by Gasteiger charge is 2.24. The molecule has 1 aliphatic rings. The van der Waals surface area contributed by atoms with Crippen LogP contribution in [0.3, 0.4) is 0 Å². The summed E-state index contributed by atoms with van der Waals surface area (Å²) >= 11 is 0. The molecular weight excluding hydrogens is 306 g/mol. The van der Waals surface area contributed by atoms with E-state index in [1.54, 1.807) is 12.7 Å². The Labute approximate surface area is 141 Å². The number of likely N-dealkylation sites (tertiary alicyclic amines) is 1. The summed E-state index contributed by atoms with van der Waals surface area (Å²) in [7, 11) is 0. The Balaban J connectivity index is 1.53. The highest BCUT2D eigenvalue weighted by atomic mass is 16.5. The fraction of sp³-hybridized carbons (Fsp3) is 0.471. The lowest BCUT2D eigenvalue weighted by Crippen LogP contribution is -2.38. The average molecular weight is 329 g/mol. The highest BCUT2D eigenvalue weighted by Crippen LogP contribution is 2.23. The van der Waals surface area contributed by atoms with E-state index in [0.29, 0.717) is 24.8 Å². The summed E-state index contributed by atoms with van der Waals surface area (Å²) < 4.78 is 7.59. The summed E-state index contributed by atoms with van der Waals surface area (Å²) in [6.45, 7) is 2.70. The summed E-state index contributed by atoms with van der Waals surface area (Å²) in [5, 5.41) is 7.70. The minimum Gasteiger partial charge on any atom is -0.494 e. The quantitative estimate of drug-likeness (QED) is 0.811. The molecule has 3 rings (SSSR count). The number of rotatable bonds is 6. The normalized spacial score (nSPS) is 15.5. The number of nitrogens with zero attached hydrogens (tertiary/aromatic N) is 4. The Morgan fingerprint density at radius 2 is 1.83 bits per heavy atom. The van der Waals surface area contributed by atoms with Crippen LogP contribution in [0.4, 0.5) is 0 Å². The van der Waals surface area contributed by atoms with Gasteiger partial charge in [0.2, 0.25) is 0 Å². The summed E-state index contributed by atoms with van der Waals surface area (Å²) in [6, 6.07) is 7.71. The smallest absolute Gasteiger partial charge is 0.253 e. The number of hydrogen-bond acceptors (Lipinski definition) is 5. The molecule has 128 valence electrons. The van der Waals surface area contributed by atoms with Gasteiger partial charge in [0.15, 0.2) is 0 Å². The van der Waals surface area contributed by atoms with Crippen molar-refractivity contribution in [2.75, 3.05) is 26.2 Å². The van der Waals surface area contributed by atoms with Crippen LogP contribution in [0.5, 0.6) is 5.75 Å². The second-order valence-corrected chi connectivity index (χ2v) is 5.95. The van der Waals surface area contributed by atoms with Crippen molar-refractivity contribution in [3.05, 3.63) is 42.5 Å². The van der Waals surface area contributed by atoms with E-state index in [2.05, 4.69) is 10.2 Å². The molecule has 24 heavy (non-hydrogen) atoms. The zero-order valence-corrected chi connectivity index (χ0v) is 13.7. The van der Waals surface area contributed by atoms with E-state index in [1.807, 2.05) is 33.7 Å². The van der Waals surface area contributed by atoms with Gasteiger partial charge in [-0.1, -0.05) is 0 Å². The van der Waals surface area contributed by atoms with Crippen LogP contribution in [-0.4, -0.2) is 51.8 Å². The second-order valence-electron chi connectivity index (χ2n) is 5.95. The molecule has 7 heteroatoms. The van der Waals surface area contributed by atoms with Crippen molar-refractivity contribution in [2.24, 2.45) is 5.73 Å². The molecule has 0 aliphatic carbocycles. The number of piperidine rings is 1. The van der Waals surface area contributed by atoms with Gasteiger partial charge >= 0.3 is 0 Å². The molecule has 1 fully saturated rings. The lowest BCUT2D eigenvalue weighted by atomic mass is 10.0. The molecule has 2 N–H and O–H groups in total. The van der Waals surface area contributed by atoms with Gasteiger partial charge in [-0.25, -0.2) is 0 Å². The van der Waals surface area contributed by atoms with Crippen molar-refractivity contribution in [1.82, 2.24) is 19.7 Å². The summed E-state index contributed by atoms with van der Waals surface area (Å²) in [5.41, 5.74) is 6.14. The molecule has 7 nitrogen and oxygen atoms in total. The van der Waals surface area contributed by atoms with Crippen LogP contribution in [0.1, 0.15) is 35.7 Å². The maximum atomic E-state index is 12.6. The minimum atomic E-state index is 0.0747. The minimum absolute atomic E-state index is 0.0747. The molecule has 2 heterocycles. The van der Waals surface area contributed by atoms with E-state index >= 15 is 0 Å². The number of benzene rings is 1. The third-order valence-electron chi connectivity index (χ3n) is 4.33. The lowest BCUT2D eigenvalue weighted by molar-refractivity contribution is 0.0694. The van der Waals surface area contributed by atoms with Gasteiger partial charge in [0.1, 0.15) is 18.4 Å². The molecule has 0 unspecified atom stereocenters. The van der Waals surface area contributed by atoms with Gasteiger partial charge in [-0.2, -0.15) is 0 Å².